The number of benzene rings is 4. The van der Waals surface area contributed by atoms with Crippen LogP contribution in [0.15, 0.2) is 140 Å². The summed E-state index contributed by atoms with van der Waals surface area (Å²) in [5.41, 5.74) is 13.3. The highest BCUT2D eigenvalue weighted by molar-refractivity contribution is 5.87. The molecule has 0 bridgehead atoms. The number of aromatic nitrogens is 2. The van der Waals surface area contributed by atoms with Gasteiger partial charge in [-0.25, -0.2) is 4.98 Å². The molecule has 0 saturated heterocycles. The molecule has 1 aliphatic rings. The molecule has 0 atom stereocenters. The maximum atomic E-state index is 5.18. The molecular formula is C51H57N3. The van der Waals surface area contributed by atoms with Crippen molar-refractivity contribution in [3.05, 3.63) is 151 Å². The Kier molecular flexibility index (Phi) is 12.7. The van der Waals surface area contributed by atoms with Crippen LogP contribution in [-0.4, -0.2) is 9.97 Å². The van der Waals surface area contributed by atoms with Crippen LogP contribution in [0.1, 0.15) is 115 Å². The van der Waals surface area contributed by atoms with E-state index in [2.05, 4.69) is 139 Å². The van der Waals surface area contributed by atoms with Crippen molar-refractivity contribution >= 4 is 17.1 Å². The smallest absolute Gasteiger partial charge is 0.0893 e. The molecule has 0 saturated carbocycles. The quantitative estimate of drug-likeness (QED) is 0.0783. The molecule has 7 rings (SSSR count). The fourth-order valence-electron chi connectivity index (χ4n) is 8.71. The summed E-state index contributed by atoms with van der Waals surface area (Å²) in [5.74, 6) is 0. The molecule has 0 unspecified atom stereocenters. The number of hydrogen-bond acceptors (Lipinski definition) is 3. The normalized spacial score (nSPS) is 12.7. The molecule has 4 aromatic carbocycles. The molecule has 2 aromatic heterocycles. The number of anilines is 3. The van der Waals surface area contributed by atoms with Crippen LogP contribution in [-0.2, 0) is 5.41 Å². The van der Waals surface area contributed by atoms with Gasteiger partial charge in [0.25, 0.3) is 0 Å². The van der Waals surface area contributed by atoms with E-state index in [0.717, 1.165) is 17.1 Å². The highest BCUT2D eigenvalue weighted by Gasteiger charge is 2.43. The van der Waals surface area contributed by atoms with Crippen molar-refractivity contribution in [3.8, 4) is 33.8 Å². The van der Waals surface area contributed by atoms with Crippen molar-refractivity contribution in [3.63, 3.8) is 0 Å². The average Bonchev–Trinajstić information content (AvgIpc) is 3.50. The molecule has 0 spiro atoms. The Labute approximate surface area is 324 Å². The van der Waals surface area contributed by atoms with Gasteiger partial charge in [-0.05, 0) is 102 Å². The van der Waals surface area contributed by atoms with E-state index < -0.39 is 0 Å². The number of fused-ring (bicyclic) bond motifs is 3. The summed E-state index contributed by atoms with van der Waals surface area (Å²) in [6, 6.07) is 48.7. The Morgan fingerprint density at radius 2 is 0.981 bits per heavy atom. The van der Waals surface area contributed by atoms with Gasteiger partial charge in [0, 0.05) is 34.2 Å². The number of pyridine rings is 2. The van der Waals surface area contributed by atoms with E-state index in [1.807, 2.05) is 24.4 Å². The lowest BCUT2D eigenvalue weighted by Crippen LogP contribution is -2.26. The minimum Gasteiger partial charge on any atom is -0.310 e. The van der Waals surface area contributed by atoms with Crippen LogP contribution < -0.4 is 4.90 Å². The van der Waals surface area contributed by atoms with Gasteiger partial charge in [-0.3, -0.25) is 4.98 Å². The Bertz CT molecular complexity index is 2000. The summed E-state index contributed by atoms with van der Waals surface area (Å²) in [6.45, 7) is 4.62. The van der Waals surface area contributed by atoms with Crippen molar-refractivity contribution < 1.29 is 0 Å². The molecule has 0 aliphatic heterocycles. The number of nitrogens with zero attached hydrogens (tertiary/aromatic N) is 3. The molecule has 1 aliphatic carbocycles. The van der Waals surface area contributed by atoms with Gasteiger partial charge in [-0.15, -0.1) is 0 Å². The number of para-hydroxylation sites is 2. The highest BCUT2D eigenvalue weighted by atomic mass is 15.1. The van der Waals surface area contributed by atoms with E-state index in [1.165, 1.54) is 135 Å². The fraction of sp³-hybridized carbons (Fsp3) is 0.333. The average molecular weight is 712 g/mol. The predicted octanol–water partition coefficient (Wildman–Crippen LogP) is 15.0. The van der Waals surface area contributed by atoms with Gasteiger partial charge in [-0.1, -0.05) is 158 Å². The summed E-state index contributed by atoms with van der Waals surface area (Å²) in [4.78, 5) is 12.2. The van der Waals surface area contributed by atoms with Crippen molar-refractivity contribution in [2.75, 3.05) is 4.90 Å². The Morgan fingerprint density at radius 1 is 0.444 bits per heavy atom. The van der Waals surface area contributed by atoms with Gasteiger partial charge in [0.2, 0.25) is 0 Å². The molecule has 3 nitrogen and oxygen atoms in total. The van der Waals surface area contributed by atoms with E-state index in [4.69, 9.17) is 4.98 Å². The summed E-state index contributed by atoms with van der Waals surface area (Å²) < 4.78 is 0. The van der Waals surface area contributed by atoms with Crippen LogP contribution in [0, 0.1) is 0 Å². The third kappa shape index (κ3) is 8.36. The molecule has 54 heavy (non-hydrogen) atoms. The SMILES string of the molecule is CCCCCCCCC1(CCCCCCCC)c2cc(-c3cccc(-c4ccccn4)n3)ccc2-c2ccc(N(c3ccccc3)c3ccccc3)cc21. The molecule has 276 valence electrons. The fourth-order valence-corrected chi connectivity index (χ4v) is 8.71. The maximum Gasteiger partial charge on any atom is 0.0893 e. The van der Waals surface area contributed by atoms with Crippen molar-refractivity contribution in [1.82, 2.24) is 9.97 Å². The van der Waals surface area contributed by atoms with E-state index in [0.29, 0.717) is 0 Å². The molecular weight excluding hydrogens is 655 g/mol. The van der Waals surface area contributed by atoms with E-state index in [9.17, 15) is 0 Å². The van der Waals surface area contributed by atoms with Crippen LogP contribution >= 0.6 is 0 Å². The number of unbranched alkanes of at least 4 members (excludes halogenated alkanes) is 10. The summed E-state index contributed by atoms with van der Waals surface area (Å²) in [7, 11) is 0. The maximum absolute atomic E-state index is 5.18. The predicted molar refractivity (Wildman–Crippen MR) is 230 cm³/mol. The topological polar surface area (TPSA) is 29.0 Å². The number of rotatable bonds is 19. The van der Waals surface area contributed by atoms with Gasteiger partial charge in [0.1, 0.15) is 0 Å². The minimum absolute atomic E-state index is 0.0656. The molecule has 2 heterocycles. The van der Waals surface area contributed by atoms with Crippen LogP contribution in [0.4, 0.5) is 17.1 Å². The first kappa shape index (κ1) is 37.3. The number of hydrogen-bond donors (Lipinski definition) is 0. The lowest BCUT2D eigenvalue weighted by Gasteiger charge is -2.34. The van der Waals surface area contributed by atoms with Crippen LogP contribution in [0.3, 0.4) is 0 Å². The van der Waals surface area contributed by atoms with E-state index >= 15 is 0 Å². The van der Waals surface area contributed by atoms with Gasteiger partial charge in [0.05, 0.1) is 17.1 Å². The van der Waals surface area contributed by atoms with Crippen LogP contribution in [0.25, 0.3) is 33.8 Å². The van der Waals surface area contributed by atoms with Gasteiger partial charge < -0.3 is 4.90 Å². The second-order valence-corrected chi connectivity index (χ2v) is 15.2. The molecule has 0 radical (unpaired) electrons. The molecule has 0 amide bonds. The Hall–Kier alpha value is -5.02. The molecule has 0 fully saturated rings. The Balaban J connectivity index is 1.34. The van der Waals surface area contributed by atoms with E-state index in [1.54, 1.807) is 0 Å². The zero-order valence-electron chi connectivity index (χ0n) is 32.5. The zero-order valence-corrected chi connectivity index (χ0v) is 32.5. The van der Waals surface area contributed by atoms with Gasteiger partial charge in [0.15, 0.2) is 0 Å². The summed E-state index contributed by atoms with van der Waals surface area (Å²) in [6.07, 6.45) is 19.8. The summed E-state index contributed by atoms with van der Waals surface area (Å²) >= 11 is 0. The first-order valence-corrected chi connectivity index (χ1v) is 20.8. The second-order valence-electron chi connectivity index (χ2n) is 15.2. The van der Waals surface area contributed by atoms with Gasteiger partial charge >= 0.3 is 0 Å². The van der Waals surface area contributed by atoms with Crippen molar-refractivity contribution in [1.29, 1.82) is 0 Å². The Morgan fingerprint density at radius 3 is 1.59 bits per heavy atom. The second kappa shape index (κ2) is 18.3. The minimum atomic E-state index is -0.0656. The third-order valence-electron chi connectivity index (χ3n) is 11.5. The summed E-state index contributed by atoms with van der Waals surface area (Å²) in [5, 5.41) is 0. The van der Waals surface area contributed by atoms with E-state index in [-0.39, 0.29) is 5.41 Å². The van der Waals surface area contributed by atoms with Crippen molar-refractivity contribution in [2.24, 2.45) is 0 Å². The zero-order chi connectivity index (χ0) is 37.0. The van der Waals surface area contributed by atoms with Crippen LogP contribution in [0.5, 0.6) is 0 Å². The first-order valence-electron chi connectivity index (χ1n) is 20.8. The largest absolute Gasteiger partial charge is 0.310 e. The molecule has 3 heteroatoms. The van der Waals surface area contributed by atoms with Crippen LogP contribution in [0.2, 0.25) is 0 Å². The first-order chi connectivity index (χ1) is 26.7. The standard InChI is InChI=1S/C51H57N3/c1-3-5-7-9-11-20-35-51(36-21-12-10-8-6-4-2)46-38-40(48-29-23-30-50(53-48)49-28-19-22-37-52-49)31-33-44(46)45-34-32-43(39-47(45)51)54(41-24-15-13-16-25-41)42-26-17-14-18-27-42/h13-19,22-34,37-39H,3-12,20-21,35-36H2,1-2H3. The highest BCUT2D eigenvalue weighted by Crippen LogP contribution is 2.56. The monoisotopic (exact) mass is 711 g/mol. The van der Waals surface area contributed by atoms with Gasteiger partial charge in [-0.2, -0.15) is 0 Å². The van der Waals surface area contributed by atoms with Crippen molar-refractivity contribution in [2.45, 2.75) is 109 Å². The molecule has 6 aromatic rings. The third-order valence-corrected chi connectivity index (χ3v) is 11.5. The molecule has 0 N–H and O–H groups in total. The lowest BCUT2D eigenvalue weighted by atomic mass is 9.70. The lowest BCUT2D eigenvalue weighted by molar-refractivity contribution is 0.398.